The number of amides is 2. The van der Waals surface area contributed by atoms with Gasteiger partial charge in [0, 0.05) is 68.7 Å². The molecule has 2 aliphatic carbocycles. The molecule has 2 aromatic rings. The molecule has 0 aromatic carbocycles. The van der Waals surface area contributed by atoms with Crippen molar-refractivity contribution in [3.63, 3.8) is 0 Å². The molecule has 7 rings (SSSR count). The molecule has 3 aliphatic heterocycles. The van der Waals surface area contributed by atoms with Gasteiger partial charge >= 0.3 is 0 Å². The van der Waals surface area contributed by atoms with Crippen LogP contribution >= 0.6 is 0 Å². The summed E-state index contributed by atoms with van der Waals surface area (Å²) in [6.45, 7) is 4.26. The van der Waals surface area contributed by atoms with Gasteiger partial charge in [0.05, 0.1) is 23.6 Å². The lowest BCUT2D eigenvalue weighted by Crippen LogP contribution is -2.40. The number of carbonyl (C=O) groups is 2. The summed E-state index contributed by atoms with van der Waals surface area (Å²) in [6, 6.07) is 2.01. The largest absolute Gasteiger partial charge is 0.472 e. The maximum Gasteiger partial charge on any atom is 0.255 e. The van der Waals surface area contributed by atoms with Crippen LogP contribution in [-0.2, 0) is 22.4 Å². The predicted octanol–water partition coefficient (Wildman–Crippen LogP) is 1.97. The highest BCUT2D eigenvalue weighted by Crippen LogP contribution is 2.44. The summed E-state index contributed by atoms with van der Waals surface area (Å²) in [6.07, 6.45) is 8.24. The van der Waals surface area contributed by atoms with Crippen molar-refractivity contribution >= 4 is 11.8 Å². The Morgan fingerprint density at radius 2 is 1.78 bits per heavy atom. The van der Waals surface area contributed by atoms with Crippen LogP contribution in [0.25, 0.3) is 0 Å². The third kappa shape index (κ3) is 4.49. The molecule has 196 valence electrons. The summed E-state index contributed by atoms with van der Waals surface area (Å²) in [5, 5.41) is 11.1. The molecule has 1 N–H and O–H groups in total. The smallest absolute Gasteiger partial charge is 0.255 e. The molecule has 0 bridgehead atoms. The van der Waals surface area contributed by atoms with Crippen molar-refractivity contribution in [2.75, 3.05) is 39.4 Å². The molecular weight excluding hydrogens is 472 g/mol. The number of pyridine rings is 1. The lowest BCUT2D eigenvalue weighted by Gasteiger charge is -2.27. The SMILES string of the molecule is O=C(c1cnc(OC2CCCOC2)c(C2CC2)c1)N1CC2CN(C(=O)[C@@H]3CCc4n[nH]nc4C3)C[C@H]2C1. The lowest BCUT2D eigenvalue weighted by molar-refractivity contribution is -0.135. The summed E-state index contributed by atoms with van der Waals surface area (Å²) in [5.74, 6) is 2.04. The number of aromatic nitrogens is 4. The first-order chi connectivity index (χ1) is 18.1. The molecule has 5 aliphatic rings. The highest BCUT2D eigenvalue weighted by molar-refractivity contribution is 5.94. The fourth-order valence-electron chi connectivity index (χ4n) is 6.61. The number of nitrogens with zero attached hydrogens (tertiary/aromatic N) is 5. The van der Waals surface area contributed by atoms with Crippen molar-refractivity contribution in [1.82, 2.24) is 30.2 Å². The second-order valence-corrected chi connectivity index (χ2v) is 11.5. The van der Waals surface area contributed by atoms with Gasteiger partial charge < -0.3 is 19.3 Å². The second kappa shape index (κ2) is 9.38. The minimum atomic E-state index is -0.0120. The minimum absolute atomic E-state index is 0.0120. The van der Waals surface area contributed by atoms with E-state index in [9.17, 15) is 9.59 Å². The normalized spacial score (nSPS) is 29.2. The van der Waals surface area contributed by atoms with Gasteiger partial charge in [-0.1, -0.05) is 0 Å². The van der Waals surface area contributed by atoms with Gasteiger partial charge in [-0.25, -0.2) is 4.98 Å². The first-order valence-electron chi connectivity index (χ1n) is 13.8. The highest BCUT2D eigenvalue weighted by atomic mass is 16.5. The number of carbonyl (C=O) groups excluding carboxylic acids is 2. The van der Waals surface area contributed by atoms with Crippen molar-refractivity contribution in [2.24, 2.45) is 17.8 Å². The number of aryl methyl sites for hydroxylation is 1. The zero-order chi connectivity index (χ0) is 24.9. The molecule has 0 radical (unpaired) electrons. The molecule has 5 heterocycles. The second-order valence-electron chi connectivity index (χ2n) is 11.5. The number of hydrogen-bond donors (Lipinski definition) is 1. The summed E-state index contributed by atoms with van der Waals surface area (Å²) >= 11 is 0. The number of ether oxygens (including phenoxy) is 2. The van der Waals surface area contributed by atoms with Crippen molar-refractivity contribution in [3.05, 3.63) is 34.8 Å². The maximum atomic E-state index is 13.5. The Kier molecular flexibility index (Phi) is 5.86. The summed E-state index contributed by atoms with van der Waals surface area (Å²) < 4.78 is 11.8. The molecule has 4 fully saturated rings. The van der Waals surface area contributed by atoms with Crippen LogP contribution in [0.1, 0.15) is 65.3 Å². The van der Waals surface area contributed by atoms with Gasteiger partial charge in [-0.2, -0.15) is 15.4 Å². The van der Waals surface area contributed by atoms with Crippen molar-refractivity contribution in [3.8, 4) is 5.88 Å². The van der Waals surface area contributed by atoms with Gasteiger partial charge in [0.25, 0.3) is 5.91 Å². The predicted molar refractivity (Wildman–Crippen MR) is 132 cm³/mol. The van der Waals surface area contributed by atoms with E-state index in [1.165, 1.54) is 0 Å². The van der Waals surface area contributed by atoms with Crippen LogP contribution in [0.4, 0.5) is 0 Å². The van der Waals surface area contributed by atoms with Crippen LogP contribution in [0, 0.1) is 17.8 Å². The van der Waals surface area contributed by atoms with Crippen molar-refractivity contribution < 1.29 is 19.1 Å². The Bertz CT molecular complexity index is 1180. The molecule has 2 aromatic heterocycles. The Morgan fingerprint density at radius 3 is 2.54 bits per heavy atom. The van der Waals surface area contributed by atoms with E-state index >= 15 is 0 Å². The topological polar surface area (TPSA) is 114 Å². The quantitative estimate of drug-likeness (QED) is 0.660. The maximum absolute atomic E-state index is 13.5. The first kappa shape index (κ1) is 23.1. The fourth-order valence-corrected chi connectivity index (χ4v) is 6.61. The van der Waals surface area contributed by atoms with E-state index in [1.807, 2.05) is 15.9 Å². The average molecular weight is 507 g/mol. The zero-order valence-electron chi connectivity index (χ0n) is 21.1. The standard InChI is InChI=1S/C27H34N6O4/c34-26(17-5-6-23-24(9-17)30-31-29-23)32-11-19-13-33(14-20(19)12-32)27(35)18-8-22(16-3-4-16)25(28-10-18)37-21-2-1-7-36-15-21/h8,10,16-17,19-21H,1-7,9,11-15H2,(H,29,30,31)/t17-,19+,20?,21?/m1/s1. The number of H-pyrrole nitrogens is 1. The fraction of sp³-hybridized carbons (Fsp3) is 0.667. The molecule has 2 amide bonds. The molecular formula is C27H34N6O4. The van der Waals surface area contributed by atoms with Gasteiger partial charge in [0.2, 0.25) is 11.8 Å². The number of fused-ring (bicyclic) bond motifs is 2. The average Bonchev–Trinajstić information content (AvgIpc) is 3.33. The summed E-state index contributed by atoms with van der Waals surface area (Å²) in [4.78, 5) is 35.3. The molecule has 4 atom stereocenters. The third-order valence-corrected chi connectivity index (χ3v) is 8.85. The summed E-state index contributed by atoms with van der Waals surface area (Å²) in [5.41, 5.74) is 3.64. The van der Waals surface area contributed by atoms with E-state index < -0.39 is 0 Å². The third-order valence-electron chi connectivity index (χ3n) is 8.85. The Balaban J connectivity index is 0.981. The lowest BCUT2D eigenvalue weighted by atomic mass is 9.89. The van der Waals surface area contributed by atoms with Gasteiger partial charge in [0.15, 0.2) is 0 Å². The number of rotatable bonds is 5. The first-order valence-corrected chi connectivity index (χ1v) is 13.8. The highest BCUT2D eigenvalue weighted by Gasteiger charge is 2.45. The number of likely N-dealkylation sites (tertiary alicyclic amines) is 2. The van der Waals surface area contributed by atoms with Gasteiger partial charge in [-0.05, 0) is 50.5 Å². The van der Waals surface area contributed by atoms with Crippen LogP contribution in [-0.4, -0.2) is 87.5 Å². The van der Waals surface area contributed by atoms with E-state index in [2.05, 4.69) is 20.4 Å². The Hall–Kier alpha value is -3.01. The van der Waals surface area contributed by atoms with E-state index in [1.54, 1.807) is 6.20 Å². The zero-order valence-corrected chi connectivity index (χ0v) is 21.1. The molecule has 10 nitrogen and oxygen atoms in total. The van der Waals surface area contributed by atoms with Crippen LogP contribution < -0.4 is 4.74 Å². The van der Waals surface area contributed by atoms with Crippen LogP contribution in [0.15, 0.2) is 12.3 Å². The van der Waals surface area contributed by atoms with Gasteiger partial charge in [0.1, 0.15) is 6.10 Å². The number of hydrogen-bond acceptors (Lipinski definition) is 7. The van der Waals surface area contributed by atoms with Crippen molar-refractivity contribution in [1.29, 1.82) is 0 Å². The molecule has 10 heteroatoms. The van der Waals surface area contributed by atoms with E-state index in [0.717, 1.165) is 75.2 Å². The molecule has 0 spiro atoms. The van der Waals surface area contributed by atoms with E-state index in [0.29, 0.717) is 55.3 Å². The summed E-state index contributed by atoms with van der Waals surface area (Å²) in [7, 11) is 0. The molecule has 2 unspecified atom stereocenters. The monoisotopic (exact) mass is 506 g/mol. The van der Waals surface area contributed by atoms with Crippen molar-refractivity contribution in [2.45, 2.75) is 57.0 Å². The van der Waals surface area contributed by atoms with Crippen LogP contribution in [0.2, 0.25) is 0 Å². The van der Waals surface area contributed by atoms with Gasteiger partial charge in [-0.15, -0.1) is 0 Å². The Morgan fingerprint density at radius 1 is 1.00 bits per heavy atom. The Labute approximate surface area is 216 Å². The molecule has 37 heavy (non-hydrogen) atoms. The van der Waals surface area contributed by atoms with Crippen LogP contribution in [0.3, 0.4) is 0 Å². The van der Waals surface area contributed by atoms with E-state index in [-0.39, 0.29) is 23.8 Å². The molecule has 3 saturated heterocycles. The molecule has 1 saturated carbocycles. The number of nitrogens with one attached hydrogen (secondary N) is 1. The van der Waals surface area contributed by atoms with E-state index in [4.69, 9.17) is 9.47 Å². The van der Waals surface area contributed by atoms with Crippen LogP contribution in [0.5, 0.6) is 5.88 Å². The minimum Gasteiger partial charge on any atom is -0.472 e. The van der Waals surface area contributed by atoms with Gasteiger partial charge in [-0.3, -0.25) is 9.59 Å². The number of aromatic amines is 1.